The van der Waals surface area contributed by atoms with Crippen molar-refractivity contribution in [3.63, 3.8) is 0 Å². The summed E-state index contributed by atoms with van der Waals surface area (Å²) < 4.78 is 39.8. The first-order valence-corrected chi connectivity index (χ1v) is 12.5. The van der Waals surface area contributed by atoms with Crippen molar-refractivity contribution in [1.82, 2.24) is 10.2 Å². The van der Waals surface area contributed by atoms with Crippen LogP contribution in [0.1, 0.15) is 29.8 Å². The van der Waals surface area contributed by atoms with E-state index in [-0.39, 0.29) is 40.1 Å². The summed E-state index contributed by atoms with van der Waals surface area (Å²) in [6, 6.07) is 11.4. The van der Waals surface area contributed by atoms with Gasteiger partial charge < -0.3 is 19.7 Å². The SMILES string of the molecule is CO[C@H]1CN(C)C(=O)c2cc(NS(=O)(=O)c3ccc(C)cc3)ccc2OC[C@H](C)NC[C@@H]1C. The fourth-order valence-electron chi connectivity index (χ4n) is 3.66. The fourth-order valence-corrected chi connectivity index (χ4v) is 4.70. The van der Waals surface area contributed by atoms with Gasteiger partial charge in [0.05, 0.1) is 16.6 Å². The number of hydrogen-bond acceptors (Lipinski definition) is 6. The molecule has 3 rings (SSSR count). The number of nitrogens with one attached hydrogen (secondary N) is 2. The minimum Gasteiger partial charge on any atom is -0.491 e. The molecule has 0 fully saturated rings. The largest absolute Gasteiger partial charge is 0.491 e. The van der Waals surface area contributed by atoms with Gasteiger partial charge in [0.1, 0.15) is 12.4 Å². The highest BCUT2D eigenvalue weighted by molar-refractivity contribution is 7.92. The van der Waals surface area contributed by atoms with Crippen molar-refractivity contribution in [1.29, 1.82) is 0 Å². The van der Waals surface area contributed by atoms with Crippen LogP contribution in [0.25, 0.3) is 0 Å². The molecular weight excluding hydrogens is 442 g/mol. The second-order valence-corrected chi connectivity index (χ2v) is 10.4. The van der Waals surface area contributed by atoms with Crippen LogP contribution in [-0.2, 0) is 14.8 Å². The monoisotopic (exact) mass is 475 g/mol. The summed E-state index contributed by atoms with van der Waals surface area (Å²) in [5.74, 6) is 0.317. The van der Waals surface area contributed by atoms with Crippen molar-refractivity contribution in [2.45, 2.75) is 37.8 Å². The molecule has 0 bridgehead atoms. The molecule has 0 saturated heterocycles. The number of hydrogen-bond donors (Lipinski definition) is 2. The number of nitrogens with zero attached hydrogens (tertiary/aromatic N) is 1. The molecule has 180 valence electrons. The quantitative estimate of drug-likeness (QED) is 0.706. The van der Waals surface area contributed by atoms with Crippen LogP contribution >= 0.6 is 0 Å². The molecule has 0 unspecified atom stereocenters. The molecule has 33 heavy (non-hydrogen) atoms. The Hall–Kier alpha value is -2.62. The zero-order chi connectivity index (χ0) is 24.2. The first-order valence-electron chi connectivity index (χ1n) is 11.0. The van der Waals surface area contributed by atoms with E-state index in [2.05, 4.69) is 17.0 Å². The Balaban J connectivity index is 1.93. The number of fused-ring (bicyclic) bond motifs is 1. The lowest BCUT2D eigenvalue weighted by molar-refractivity contribution is 0.0281. The summed E-state index contributed by atoms with van der Waals surface area (Å²) in [5.41, 5.74) is 1.54. The van der Waals surface area contributed by atoms with Gasteiger partial charge in [-0.05, 0) is 50.1 Å². The summed E-state index contributed by atoms with van der Waals surface area (Å²) >= 11 is 0. The van der Waals surface area contributed by atoms with Gasteiger partial charge in [-0.25, -0.2) is 8.42 Å². The molecule has 0 radical (unpaired) electrons. The van der Waals surface area contributed by atoms with Crippen molar-refractivity contribution in [3.05, 3.63) is 53.6 Å². The molecule has 2 aromatic carbocycles. The average Bonchev–Trinajstić information content (AvgIpc) is 2.78. The third-order valence-electron chi connectivity index (χ3n) is 5.81. The number of rotatable bonds is 4. The Labute approximate surface area is 196 Å². The van der Waals surface area contributed by atoms with E-state index in [1.165, 1.54) is 6.07 Å². The Morgan fingerprint density at radius 1 is 1.15 bits per heavy atom. The molecule has 9 heteroatoms. The van der Waals surface area contributed by atoms with Crippen LogP contribution in [0.2, 0.25) is 0 Å². The molecular formula is C24H33N3O5S. The first kappa shape index (κ1) is 25.0. The van der Waals surface area contributed by atoms with E-state index in [0.29, 0.717) is 18.9 Å². The van der Waals surface area contributed by atoms with Crippen LogP contribution in [-0.4, -0.2) is 65.2 Å². The minimum atomic E-state index is -3.80. The Morgan fingerprint density at radius 2 is 1.85 bits per heavy atom. The fraction of sp³-hybridized carbons (Fsp3) is 0.458. The van der Waals surface area contributed by atoms with Gasteiger partial charge in [0.15, 0.2) is 0 Å². The smallest absolute Gasteiger partial charge is 0.261 e. The third-order valence-corrected chi connectivity index (χ3v) is 7.21. The molecule has 1 aliphatic heterocycles. The number of sulfonamides is 1. The second-order valence-electron chi connectivity index (χ2n) is 8.69. The maximum Gasteiger partial charge on any atom is 0.261 e. The standard InChI is InChI=1S/C24H33N3O5S/c1-16-6-9-20(10-7-16)33(29,30)26-19-8-11-22-21(12-19)24(28)27(4)14-23(31-5)17(2)13-25-18(3)15-32-22/h6-12,17-18,23,25-26H,13-15H2,1-5H3/t17-,18-,23-/m0/s1. The van der Waals surface area contributed by atoms with Crippen LogP contribution in [0.15, 0.2) is 47.4 Å². The van der Waals surface area contributed by atoms with Crippen LogP contribution in [0.4, 0.5) is 5.69 Å². The topological polar surface area (TPSA) is 97.0 Å². The van der Waals surface area contributed by atoms with E-state index in [9.17, 15) is 13.2 Å². The van der Waals surface area contributed by atoms with Crippen molar-refractivity contribution in [3.8, 4) is 5.75 Å². The molecule has 0 saturated carbocycles. The molecule has 0 aromatic heterocycles. The van der Waals surface area contributed by atoms with Crippen molar-refractivity contribution in [2.24, 2.45) is 5.92 Å². The van der Waals surface area contributed by atoms with Crippen molar-refractivity contribution < 1.29 is 22.7 Å². The van der Waals surface area contributed by atoms with Gasteiger partial charge in [0, 0.05) is 39.0 Å². The summed E-state index contributed by atoms with van der Waals surface area (Å²) in [7, 11) is -0.455. The second kappa shape index (κ2) is 10.5. The maximum atomic E-state index is 13.3. The Bertz CT molecular complexity index is 1070. The molecule has 1 amide bonds. The van der Waals surface area contributed by atoms with E-state index in [1.54, 1.807) is 55.5 Å². The molecule has 2 N–H and O–H groups in total. The number of anilines is 1. The lowest BCUT2D eigenvalue weighted by atomic mass is 10.0. The lowest BCUT2D eigenvalue weighted by Crippen LogP contribution is -2.44. The zero-order valence-corrected chi connectivity index (χ0v) is 20.6. The molecule has 0 spiro atoms. The predicted molar refractivity (Wildman–Crippen MR) is 128 cm³/mol. The van der Waals surface area contributed by atoms with Crippen LogP contribution < -0.4 is 14.8 Å². The van der Waals surface area contributed by atoms with Gasteiger partial charge in [0.25, 0.3) is 15.9 Å². The van der Waals surface area contributed by atoms with E-state index in [1.807, 2.05) is 13.8 Å². The number of aryl methyl sites for hydroxylation is 1. The lowest BCUT2D eigenvalue weighted by Gasteiger charge is -2.30. The van der Waals surface area contributed by atoms with Gasteiger partial charge in [-0.2, -0.15) is 0 Å². The third kappa shape index (κ3) is 6.25. The van der Waals surface area contributed by atoms with Crippen molar-refractivity contribution in [2.75, 3.05) is 38.6 Å². The maximum absolute atomic E-state index is 13.3. The highest BCUT2D eigenvalue weighted by atomic mass is 32.2. The van der Waals surface area contributed by atoms with E-state index < -0.39 is 10.0 Å². The van der Waals surface area contributed by atoms with E-state index >= 15 is 0 Å². The highest BCUT2D eigenvalue weighted by Gasteiger charge is 2.26. The van der Waals surface area contributed by atoms with Gasteiger partial charge in [0.2, 0.25) is 0 Å². The summed E-state index contributed by atoms with van der Waals surface area (Å²) in [6.07, 6.45) is -0.148. The molecule has 1 heterocycles. The van der Waals surface area contributed by atoms with Crippen LogP contribution in [0, 0.1) is 12.8 Å². The van der Waals surface area contributed by atoms with Gasteiger partial charge in [-0.3, -0.25) is 9.52 Å². The summed E-state index contributed by atoms with van der Waals surface area (Å²) in [4.78, 5) is 15.1. The predicted octanol–water partition coefficient (Wildman–Crippen LogP) is 2.89. The number of amides is 1. The number of benzene rings is 2. The molecule has 2 aromatic rings. The average molecular weight is 476 g/mol. The molecule has 8 nitrogen and oxygen atoms in total. The zero-order valence-electron chi connectivity index (χ0n) is 19.8. The summed E-state index contributed by atoms with van der Waals surface area (Å²) in [6.45, 7) is 7.47. The number of carbonyl (C=O) groups is 1. The number of carbonyl (C=O) groups excluding carboxylic acids is 1. The minimum absolute atomic E-state index is 0.0600. The van der Waals surface area contributed by atoms with Gasteiger partial charge in [-0.15, -0.1) is 0 Å². The van der Waals surface area contributed by atoms with Crippen LogP contribution in [0.5, 0.6) is 5.75 Å². The highest BCUT2D eigenvalue weighted by Crippen LogP contribution is 2.27. The summed E-state index contributed by atoms with van der Waals surface area (Å²) in [5, 5.41) is 3.44. The van der Waals surface area contributed by atoms with E-state index in [0.717, 1.165) is 12.1 Å². The van der Waals surface area contributed by atoms with Crippen LogP contribution in [0.3, 0.4) is 0 Å². The number of ether oxygens (including phenoxy) is 2. The van der Waals surface area contributed by atoms with Gasteiger partial charge >= 0.3 is 0 Å². The Kier molecular flexibility index (Phi) is 7.99. The van der Waals surface area contributed by atoms with E-state index in [4.69, 9.17) is 9.47 Å². The van der Waals surface area contributed by atoms with Gasteiger partial charge in [-0.1, -0.05) is 24.6 Å². The Morgan fingerprint density at radius 3 is 2.52 bits per heavy atom. The first-order chi connectivity index (χ1) is 15.6. The normalized spacial score (nSPS) is 22.5. The molecule has 1 aliphatic rings. The number of methoxy groups -OCH3 is 1. The molecule has 3 atom stereocenters. The number of likely N-dealkylation sites (N-methyl/N-ethyl adjacent to an activating group) is 1. The molecule has 0 aliphatic carbocycles. The van der Waals surface area contributed by atoms with Crippen molar-refractivity contribution >= 4 is 21.6 Å².